The number of amides is 1. The average Bonchev–Trinajstić information content (AvgIpc) is 3.52. The van der Waals surface area contributed by atoms with Crippen LogP contribution in [0.1, 0.15) is 83.1 Å². The van der Waals surface area contributed by atoms with E-state index in [1.54, 1.807) is 19.2 Å². The number of fused-ring (bicyclic) bond motifs is 2. The van der Waals surface area contributed by atoms with E-state index < -0.39 is 11.5 Å². The van der Waals surface area contributed by atoms with E-state index in [0.717, 1.165) is 11.3 Å². The molecule has 0 saturated carbocycles. The van der Waals surface area contributed by atoms with Gasteiger partial charge in [-0.25, -0.2) is 9.97 Å². The first-order chi connectivity index (χ1) is 22.3. The van der Waals surface area contributed by atoms with E-state index in [1.165, 1.54) is 0 Å². The van der Waals surface area contributed by atoms with E-state index in [2.05, 4.69) is 16.5 Å². The van der Waals surface area contributed by atoms with Crippen molar-refractivity contribution in [2.45, 2.75) is 86.9 Å². The molecule has 256 valence electrons. The van der Waals surface area contributed by atoms with Crippen molar-refractivity contribution in [1.82, 2.24) is 19.1 Å². The molecule has 2 aromatic carbocycles. The van der Waals surface area contributed by atoms with Crippen LogP contribution in [0.2, 0.25) is 0 Å². The largest absolute Gasteiger partial charge is 0.494 e. The Morgan fingerprint density at radius 3 is 2.02 bits per heavy atom. The third-order valence-electron chi connectivity index (χ3n) is 6.65. The predicted octanol–water partition coefficient (Wildman–Crippen LogP) is 6.12. The van der Waals surface area contributed by atoms with Gasteiger partial charge in [-0.3, -0.25) is 9.59 Å². The van der Waals surface area contributed by atoms with E-state index in [0.29, 0.717) is 64.8 Å². The van der Waals surface area contributed by atoms with Gasteiger partial charge >= 0.3 is 5.97 Å². The van der Waals surface area contributed by atoms with Crippen molar-refractivity contribution in [1.29, 1.82) is 0 Å². The van der Waals surface area contributed by atoms with Crippen LogP contribution in [-0.2, 0) is 22.6 Å². The van der Waals surface area contributed by atoms with Gasteiger partial charge in [0.1, 0.15) is 34.0 Å². The van der Waals surface area contributed by atoms with Crippen LogP contribution in [-0.4, -0.2) is 50.3 Å². The molecule has 2 heterocycles. The SMILES string of the molecule is C=C(N)c1cc(OC)c2c(c1)nc(N)n2C/C=C/Cn1c(C)nc2cc(C(N)=O)cc(OCCCC(=O)OC(C)(C)C)c21.CC.CC. The molecule has 12 nitrogen and oxygen atoms in total. The lowest BCUT2D eigenvalue weighted by atomic mass is 10.1. The molecular weight excluding hydrogens is 598 g/mol. The molecule has 2 aromatic heterocycles. The number of nitrogens with two attached hydrogens (primary N) is 3. The summed E-state index contributed by atoms with van der Waals surface area (Å²) in [6.07, 6.45) is 4.60. The third kappa shape index (κ3) is 9.74. The quantitative estimate of drug-likeness (QED) is 0.0927. The van der Waals surface area contributed by atoms with E-state index in [1.807, 2.05) is 88.8 Å². The van der Waals surface area contributed by atoms with Crippen LogP contribution in [0, 0.1) is 6.92 Å². The van der Waals surface area contributed by atoms with Crippen LogP contribution in [0.4, 0.5) is 5.95 Å². The van der Waals surface area contributed by atoms with Gasteiger partial charge in [0.25, 0.3) is 0 Å². The molecule has 0 aliphatic rings. The van der Waals surface area contributed by atoms with Crippen LogP contribution >= 0.6 is 0 Å². The second-order valence-electron chi connectivity index (χ2n) is 11.1. The molecule has 4 aromatic rings. The zero-order chi connectivity index (χ0) is 35.5. The van der Waals surface area contributed by atoms with Crippen molar-refractivity contribution in [2.75, 3.05) is 19.5 Å². The maximum absolute atomic E-state index is 12.1. The Morgan fingerprint density at radius 1 is 0.894 bits per heavy atom. The van der Waals surface area contributed by atoms with Crippen molar-refractivity contribution >= 4 is 45.6 Å². The number of primary amides is 1. The number of benzene rings is 2. The number of imidazole rings is 2. The standard InChI is InChI=1S/C31H39N7O5.2C2H6/c1-18(32)20-14-23-27(24(16-20)41-6)38(30(34)36-23)12-8-7-11-37-19(2)35-22-15-21(29(33)40)17-25(28(22)37)42-13-9-10-26(39)43-31(3,4)5;2*1-2/h7-8,14-17H,1,9-13,32H2,2-6H3,(H2,33,40)(H2,34,36);2*1-2H3/b8-7+;;. The Bertz CT molecular complexity index is 1730. The second-order valence-corrected chi connectivity index (χ2v) is 11.1. The predicted molar refractivity (Wildman–Crippen MR) is 189 cm³/mol. The van der Waals surface area contributed by atoms with Crippen LogP contribution < -0.4 is 26.7 Å². The molecule has 0 atom stereocenters. The number of aryl methyl sites for hydroxylation is 1. The van der Waals surface area contributed by atoms with Gasteiger partial charge in [0.05, 0.1) is 24.8 Å². The summed E-state index contributed by atoms with van der Waals surface area (Å²) >= 11 is 0. The van der Waals surface area contributed by atoms with Crippen molar-refractivity contribution in [2.24, 2.45) is 11.5 Å². The Hall–Kier alpha value is -5.00. The van der Waals surface area contributed by atoms with E-state index in [9.17, 15) is 9.59 Å². The average molecular weight is 650 g/mol. The molecule has 0 bridgehead atoms. The highest BCUT2D eigenvalue weighted by atomic mass is 16.6. The number of allylic oxidation sites excluding steroid dienone is 2. The fraction of sp³-hybridized carbons (Fsp3) is 0.429. The van der Waals surface area contributed by atoms with Crippen molar-refractivity contribution < 1.29 is 23.8 Å². The summed E-state index contributed by atoms with van der Waals surface area (Å²) in [6, 6.07) is 6.89. The number of methoxy groups -OCH3 is 1. The third-order valence-corrected chi connectivity index (χ3v) is 6.65. The molecule has 0 saturated heterocycles. The van der Waals surface area contributed by atoms with Crippen LogP contribution in [0.15, 0.2) is 43.0 Å². The van der Waals surface area contributed by atoms with Crippen molar-refractivity contribution in [3.05, 3.63) is 59.9 Å². The molecule has 12 heteroatoms. The number of aromatic nitrogens is 4. The van der Waals surface area contributed by atoms with Crippen LogP contribution in [0.25, 0.3) is 27.8 Å². The minimum atomic E-state index is -0.587. The van der Waals surface area contributed by atoms with E-state index in [-0.39, 0.29) is 24.6 Å². The summed E-state index contributed by atoms with van der Waals surface area (Å²) in [4.78, 5) is 33.2. The lowest BCUT2D eigenvalue weighted by Crippen LogP contribution is -2.24. The molecule has 0 unspecified atom stereocenters. The molecule has 0 fully saturated rings. The highest BCUT2D eigenvalue weighted by Gasteiger charge is 2.19. The second kappa shape index (κ2) is 17.1. The molecule has 4 rings (SSSR count). The molecule has 1 amide bonds. The number of rotatable bonds is 12. The monoisotopic (exact) mass is 649 g/mol. The van der Waals surface area contributed by atoms with Gasteiger partial charge < -0.3 is 40.5 Å². The first-order valence-electron chi connectivity index (χ1n) is 15.9. The van der Waals surface area contributed by atoms with E-state index >= 15 is 0 Å². The number of carbonyl (C=O) groups excluding carboxylic acids is 2. The molecular formula is C35H51N7O5. The van der Waals surface area contributed by atoms with Gasteiger partial charge in [-0.1, -0.05) is 46.4 Å². The molecule has 6 N–H and O–H groups in total. The van der Waals surface area contributed by atoms with Crippen molar-refractivity contribution in [3.63, 3.8) is 0 Å². The zero-order valence-electron chi connectivity index (χ0n) is 29.3. The fourth-order valence-corrected chi connectivity index (χ4v) is 4.75. The number of esters is 1. The lowest BCUT2D eigenvalue weighted by Gasteiger charge is -2.19. The number of hydrogen-bond acceptors (Lipinski definition) is 9. The summed E-state index contributed by atoms with van der Waals surface area (Å²) in [5.41, 5.74) is 21.3. The number of ether oxygens (including phenoxy) is 3. The summed E-state index contributed by atoms with van der Waals surface area (Å²) in [5.74, 6) is 1.22. The number of nitrogen functional groups attached to an aromatic ring is 1. The Labute approximate surface area is 277 Å². The summed E-state index contributed by atoms with van der Waals surface area (Å²) in [5, 5.41) is 0. The number of anilines is 1. The summed E-state index contributed by atoms with van der Waals surface area (Å²) in [7, 11) is 1.58. The van der Waals surface area contributed by atoms with Gasteiger partial charge in [0.2, 0.25) is 11.9 Å². The summed E-state index contributed by atoms with van der Waals surface area (Å²) < 4.78 is 20.9. The van der Waals surface area contributed by atoms with Gasteiger partial charge in [0, 0.05) is 36.3 Å². The van der Waals surface area contributed by atoms with Gasteiger partial charge in [0.15, 0.2) is 0 Å². The fourth-order valence-electron chi connectivity index (χ4n) is 4.75. The highest BCUT2D eigenvalue weighted by Crippen LogP contribution is 2.32. The Kier molecular flexibility index (Phi) is 13.9. The first-order valence-corrected chi connectivity index (χ1v) is 15.9. The molecule has 0 aliphatic heterocycles. The van der Waals surface area contributed by atoms with Gasteiger partial charge in [-0.15, -0.1) is 0 Å². The number of hydrogen-bond donors (Lipinski definition) is 3. The molecule has 0 radical (unpaired) electrons. The molecule has 0 spiro atoms. The van der Waals surface area contributed by atoms with Crippen LogP contribution in [0.5, 0.6) is 11.5 Å². The molecule has 47 heavy (non-hydrogen) atoms. The minimum Gasteiger partial charge on any atom is -0.494 e. The highest BCUT2D eigenvalue weighted by molar-refractivity contribution is 5.98. The number of nitrogens with zero attached hydrogens (tertiary/aromatic N) is 4. The van der Waals surface area contributed by atoms with Gasteiger partial charge in [-0.2, -0.15) is 0 Å². The Morgan fingerprint density at radius 2 is 1.45 bits per heavy atom. The Balaban J connectivity index is 0.00000185. The topological polar surface area (TPSA) is 176 Å². The summed E-state index contributed by atoms with van der Waals surface area (Å²) in [6.45, 7) is 20.3. The lowest BCUT2D eigenvalue weighted by molar-refractivity contribution is -0.155. The van der Waals surface area contributed by atoms with Crippen molar-refractivity contribution in [3.8, 4) is 11.5 Å². The first kappa shape index (κ1) is 38.2. The minimum absolute atomic E-state index is 0.204. The molecule has 0 aliphatic carbocycles. The maximum Gasteiger partial charge on any atom is 0.306 e. The normalized spacial score (nSPS) is 11.1. The number of carbonyl (C=O) groups is 2. The zero-order valence-corrected chi connectivity index (χ0v) is 29.3. The smallest absolute Gasteiger partial charge is 0.306 e. The van der Waals surface area contributed by atoms with E-state index in [4.69, 9.17) is 31.4 Å². The van der Waals surface area contributed by atoms with Crippen LogP contribution in [0.3, 0.4) is 0 Å². The van der Waals surface area contributed by atoms with Gasteiger partial charge in [-0.05, 0) is 58.4 Å². The maximum atomic E-state index is 12.1.